The number of carbonyl (C=O) groups is 1. The Labute approximate surface area is 126 Å². The molecule has 1 aliphatic carbocycles. The fourth-order valence-corrected chi connectivity index (χ4v) is 2.73. The van der Waals surface area contributed by atoms with Gasteiger partial charge in [-0.1, -0.05) is 0 Å². The molecule has 0 aliphatic heterocycles. The predicted molar refractivity (Wildman–Crippen MR) is 82.1 cm³/mol. The molecule has 0 radical (unpaired) electrons. The van der Waals surface area contributed by atoms with Crippen molar-refractivity contribution in [2.45, 2.75) is 37.8 Å². The van der Waals surface area contributed by atoms with Gasteiger partial charge in [-0.2, -0.15) is 0 Å². The lowest BCUT2D eigenvalue weighted by Crippen LogP contribution is -2.41. The summed E-state index contributed by atoms with van der Waals surface area (Å²) in [5.74, 6) is 1.18. The molecule has 1 amide bonds. The Morgan fingerprint density at radius 3 is 2.00 bits per heavy atom. The monoisotopic (exact) mass is 292 g/mol. The second kappa shape index (κ2) is 7.31. The first-order valence-corrected chi connectivity index (χ1v) is 7.37. The molecule has 0 heterocycles. The Balaban J connectivity index is 2.00. The fraction of sp³-hybridized carbons (Fsp3) is 0.562. The van der Waals surface area contributed by atoms with Crippen LogP contribution in [0.3, 0.4) is 0 Å². The molecule has 116 valence electrons. The van der Waals surface area contributed by atoms with Gasteiger partial charge in [-0.05, 0) is 44.9 Å². The SMILES string of the molecule is CNC1CCC(NC(=O)c2cc(OC)cc(OC)c2)CC1. The molecule has 1 fully saturated rings. The van der Waals surface area contributed by atoms with Crippen LogP contribution in [0, 0.1) is 0 Å². The Bertz CT molecular complexity index is 460. The van der Waals surface area contributed by atoms with E-state index in [0.29, 0.717) is 23.1 Å². The van der Waals surface area contributed by atoms with Gasteiger partial charge in [0.1, 0.15) is 11.5 Å². The van der Waals surface area contributed by atoms with Gasteiger partial charge in [0.05, 0.1) is 14.2 Å². The highest BCUT2D eigenvalue weighted by Crippen LogP contribution is 2.23. The Morgan fingerprint density at radius 2 is 1.52 bits per heavy atom. The van der Waals surface area contributed by atoms with Crippen LogP contribution >= 0.6 is 0 Å². The van der Waals surface area contributed by atoms with Gasteiger partial charge in [0, 0.05) is 23.7 Å². The Hall–Kier alpha value is -1.75. The van der Waals surface area contributed by atoms with Crippen molar-refractivity contribution >= 4 is 5.91 Å². The van der Waals surface area contributed by atoms with E-state index < -0.39 is 0 Å². The zero-order valence-corrected chi connectivity index (χ0v) is 12.9. The van der Waals surface area contributed by atoms with E-state index in [0.717, 1.165) is 25.7 Å². The van der Waals surface area contributed by atoms with Crippen molar-refractivity contribution in [3.8, 4) is 11.5 Å². The largest absolute Gasteiger partial charge is 0.497 e. The van der Waals surface area contributed by atoms with Gasteiger partial charge in [-0.15, -0.1) is 0 Å². The summed E-state index contributed by atoms with van der Waals surface area (Å²) in [6, 6.07) is 6.05. The smallest absolute Gasteiger partial charge is 0.251 e. The van der Waals surface area contributed by atoms with E-state index in [9.17, 15) is 4.79 Å². The van der Waals surface area contributed by atoms with E-state index in [4.69, 9.17) is 9.47 Å². The summed E-state index contributed by atoms with van der Waals surface area (Å²) >= 11 is 0. The number of nitrogens with one attached hydrogen (secondary N) is 2. The molecule has 21 heavy (non-hydrogen) atoms. The minimum atomic E-state index is -0.0693. The lowest BCUT2D eigenvalue weighted by atomic mass is 9.91. The number of methoxy groups -OCH3 is 2. The average molecular weight is 292 g/mol. The highest BCUT2D eigenvalue weighted by atomic mass is 16.5. The van der Waals surface area contributed by atoms with Crippen molar-refractivity contribution in [2.75, 3.05) is 21.3 Å². The molecule has 5 heteroatoms. The quantitative estimate of drug-likeness (QED) is 0.871. The van der Waals surface area contributed by atoms with E-state index in [1.54, 1.807) is 32.4 Å². The maximum atomic E-state index is 12.4. The standard InChI is InChI=1S/C16H24N2O3/c1-17-12-4-6-13(7-5-12)18-16(19)11-8-14(20-2)10-15(9-11)21-3/h8-10,12-13,17H,4-7H2,1-3H3,(H,18,19). The van der Waals surface area contributed by atoms with Crippen molar-refractivity contribution in [1.29, 1.82) is 0 Å². The van der Waals surface area contributed by atoms with Gasteiger partial charge < -0.3 is 20.1 Å². The molecule has 0 atom stereocenters. The molecule has 5 nitrogen and oxygen atoms in total. The minimum Gasteiger partial charge on any atom is -0.497 e. The molecule has 0 bridgehead atoms. The first-order chi connectivity index (χ1) is 10.2. The number of amides is 1. The summed E-state index contributed by atoms with van der Waals surface area (Å²) in [6.45, 7) is 0. The highest BCUT2D eigenvalue weighted by molar-refractivity contribution is 5.95. The molecule has 1 aromatic rings. The number of ether oxygens (including phenoxy) is 2. The number of hydrogen-bond donors (Lipinski definition) is 2. The number of rotatable bonds is 5. The summed E-state index contributed by atoms with van der Waals surface area (Å²) in [4.78, 5) is 12.4. The van der Waals surface area contributed by atoms with Crippen LogP contribution in [-0.4, -0.2) is 39.3 Å². The summed E-state index contributed by atoms with van der Waals surface area (Å²) in [5, 5.41) is 6.40. The Kier molecular flexibility index (Phi) is 5.44. The maximum absolute atomic E-state index is 12.4. The van der Waals surface area contributed by atoms with Crippen molar-refractivity contribution in [1.82, 2.24) is 10.6 Å². The zero-order chi connectivity index (χ0) is 15.2. The normalized spacial score (nSPS) is 21.7. The summed E-state index contributed by atoms with van der Waals surface area (Å²) in [6.07, 6.45) is 4.22. The van der Waals surface area contributed by atoms with E-state index >= 15 is 0 Å². The molecule has 2 N–H and O–H groups in total. The fourth-order valence-electron chi connectivity index (χ4n) is 2.73. The minimum absolute atomic E-state index is 0.0693. The van der Waals surface area contributed by atoms with E-state index in [-0.39, 0.29) is 11.9 Å². The van der Waals surface area contributed by atoms with Crippen LogP contribution in [0.25, 0.3) is 0 Å². The van der Waals surface area contributed by atoms with Gasteiger partial charge in [0.25, 0.3) is 5.91 Å². The Morgan fingerprint density at radius 1 is 1.00 bits per heavy atom. The molecule has 0 unspecified atom stereocenters. The molecule has 1 saturated carbocycles. The van der Waals surface area contributed by atoms with Crippen LogP contribution in [0.15, 0.2) is 18.2 Å². The molecule has 1 aliphatic rings. The summed E-state index contributed by atoms with van der Waals surface area (Å²) < 4.78 is 10.4. The molecule has 2 rings (SSSR count). The topological polar surface area (TPSA) is 59.6 Å². The number of benzene rings is 1. The van der Waals surface area contributed by atoms with Crippen LogP contribution < -0.4 is 20.1 Å². The highest BCUT2D eigenvalue weighted by Gasteiger charge is 2.22. The predicted octanol–water partition coefficient (Wildman–Crippen LogP) is 1.96. The van der Waals surface area contributed by atoms with Gasteiger partial charge in [0.15, 0.2) is 0 Å². The molecular formula is C16H24N2O3. The third-order valence-electron chi connectivity index (χ3n) is 4.08. The summed E-state index contributed by atoms with van der Waals surface area (Å²) in [7, 11) is 5.15. The lowest BCUT2D eigenvalue weighted by molar-refractivity contribution is 0.0924. The van der Waals surface area contributed by atoms with Gasteiger partial charge >= 0.3 is 0 Å². The first kappa shape index (κ1) is 15.6. The van der Waals surface area contributed by atoms with Crippen molar-refractivity contribution < 1.29 is 14.3 Å². The average Bonchev–Trinajstić information content (AvgIpc) is 2.54. The van der Waals surface area contributed by atoms with Crippen LogP contribution in [0.4, 0.5) is 0 Å². The van der Waals surface area contributed by atoms with Gasteiger partial charge in [0.2, 0.25) is 0 Å². The zero-order valence-electron chi connectivity index (χ0n) is 12.9. The molecule has 0 spiro atoms. The third-order valence-corrected chi connectivity index (χ3v) is 4.08. The lowest BCUT2D eigenvalue weighted by Gasteiger charge is -2.28. The van der Waals surface area contributed by atoms with Crippen LogP contribution in [0.1, 0.15) is 36.0 Å². The van der Waals surface area contributed by atoms with E-state index in [2.05, 4.69) is 10.6 Å². The van der Waals surface area contributed by atoms with Crippen LogP contribution in [0.5, 0.6) is 11.5 Å². The first-order valence-electron chi connectivity index (χ1n) is 7.37. The molecule has 1 aromatic carbocycles. The van der Waals surface area contributed by atoms with Crippen molar-refractivity contribution in [2.24, 2.45) is 0 Å². The second-order valence-corrected chi connectivity index (χ2v) is 5.41. The third kappa shape index (κ3) is 4.11. The van der Waals surface area contributed by atoms with Gasteiger partial charge in [-0.25, -0.2) is 0 Å². The van der Waals surface area contributed by atoms with Crippen LogP contribution in [0.2, 0.25) is 0 Å². The number of hydrogen-bond acceptors (Lipinski definition) is 4. The number of carbonyl (C=O) groups excluding carboxylic acids is 1. The van der Waals surface area contributed by atoms with E-state index in [1.807, 2.05) is 7.05 Å². The van der Waals surface area contributed by atoms with E-state index in [1.165, 1.54) is 0 Å². The summed E-state index contributed by atoms with van der Waals surface area (Å²) in [5.41, 5.74) is 0.571. The maximum Gasteiger partial charge on any atom is 0.251 e. The molecule has 0 aromatic heterocycles. The van der Waals surface area contributed by atoms with Crippen LogP contribution in [-0.2, 0) is 0 Å². The van der Waals surface area contributed by atoms with Crippen molar-refractivity contribution in [3.63, 3.8) is 0 Å². The second-order valence-electron chi connectivity index (χ2n) is 5.41. The van der Waals surface area contributed by atoms with Crippen molar-refractivity contribution in [3.05, 3.63) is 23.8 Å². The molecular weight excluding hydrogens is 268 g/mol. The molecule has 0 saturated heterocycles. The van der Waals surface area contributed by atoms with Gasteiger partial charge in [-0.3, -0.25) is 4.79 Å².